The van der Waals surface area contributed by atoms with E-state index in [1.54, 1.807) is 4.57 Å². The van der Waals surface area contributed by atoms with Crippen molar-refractivity contribution >= 4 is 17.5 Å². The fourth-order valence-electron chi connectivity index (χ4n) is 2.64. The number of benzene rings is 2. The van der Waals surface area contributed by atoms with Crippen LogP contribution in [0.5, 0.6) is 0 Å². The van der Waals surface area contributed by atoms with Gasteiger partial charge in [-0.2, -0.15) is 0 Å². The van der Waals surface area contributed by atoms with Crippen molar-refractivity contribution in [2.75, 3.05) is 0 Å². The van der Waals surface area contributed by atoms with Crippen LogP contribution in [-0.2, 0) is 6.54 Å². The zero-order chi connectivity index (χ0) is 18.7. The molecule has 1 heterocycles. The normalized spacial score (nSPS) is 12.1. The second kappa shape index (κ2) is 7.74. The summed E-state index contributed by atoms with van der Waals surface area (Å²) in [7, 11) is 0. The van der Waals surface area contributed by atoms with Crippen LogP contribution in [-0.4, -0.2) is 25.8 Å². The van der Waals surface area contributed by atoms with Crippen molar-refractivity contribution in [2.45, 2.75) is 37.7 Å². The largest absolute Gasteiger partial charge is 0.344 e. The highest BCUT2D eigenvalue weighted by Gasteiger charge is 2.20. The zero-order valence-electron chi connectivity index (χ0n) is 15.0. The molecular formula is C20H21N3O2S. The van der Waals surface area contributed by atoms with Crippen molar-refractivity contribution in [1.82, 2.24) is 14.8 Å². The number of nitrogens with one attached hydrogen (secondary N) is 1. The van der Waals surface area contributed by atoms with Gasteiger partial charge in [-0.25, -0.2) is 9.89 Å². The summed E-state index contributed by atoms with van der Waals surface area (Å²) in [6.45, 7) is 6.28. The van der Waals surface area contributed by atoms with Gasteiger partial charge < -0.3 is 0 Å². The summed E-state index contributed by atoms with van der Waals surface area (Å²) in [5, 5.41) is 6.75. The van der Waals surface area contributed by atoms with Gasteiger partial charge in [-0.05, 0) is 43.5 Å². The first-order valence-electron chi connectivity index (χ1n) is 8.43. The van der Waals surface area contributed by atoms with Crippen LogP contribution in [0, 0.1) is 13.8 Å². The van der Waals surface area contributed by atoms with Gasteiger partial charge in [0.1, 0.15) is 0 Å². The number of aryl methyl sites for hydroxylation is 2. The Kier molecular flexibility index (Phi) is 5.42. The number of aromatic amines is 1. The molecule has 0 amide bonds. The number of hydrogen-bond donors (Lipinski definition) is 1. The highest BCUT2D eigenvalue weighted by atomic mass is 32.2. The van der Waals surface area contributed by atoms with E-state index in [1.165, 1.54) is 11.8 Å². The van der Waals surface area contributed by atoms with E-state index < -0.39 is 0 Å². The Bertz CT molecular complexity index is 976. The van der Waals surface area contributed by atoms with Gasteiger partial charge in [-0.15, -0.1) is 5.10 Å². The average molecular weight is 367 g/mol. The summed E-state index contributed by atoms with van der Waals surface area (Å²) < 4.78 is 1.56. The molecule has 6 heteroatoms. The minimum absolute atomic E-state index is 0.0276. The molecule has 0 aliphatic heterocycles. The van der Waals surface area contributed by atoms with Crippen LogP contribution in [0.4, 0.5) is 0 Å². The summed E-state index contributed by atoms with van der Waals surface area (Å²) in [6, 6.07) is 15.4. The number of thioether (sulfide) groups is 1. The van der Waals surface area contributed by atoms with E-state index in [9.17, 15) is 9.59 Å². The Hall–Kier alpha value is -2.60. The van der Waals surface area contributed by atoms with Crippen molar-refractivity contribution < 1.29 is 4.79 Å². The van der Waals surface area contributed by atoms with E-state index in [1.807, 2.05) is 69.3 Å². The fourth-order valence-corrected chi connectivity index (χ4v) is 3.57. The third-order valence-corrected chi connectivity index (χ3v) is 5.44. The Morgan fingerprint density at radius 1 is 1.15 bits per heavy atom. The van der Waals surface area contributed by atoms with Crippen molar-refractivity contribution in [1.29, 1.82) is 0 Å². The number of ketones is 1. The molecule has 0 saturated carbocycles. The summed E-state index contributed by atoms with van der Waals surface area (Å²) >= 11 is 1.29. The standard InChI is InChI=1S/C20H21N3O2S/c1-13-9-10-17(11-14(13)2)18(24)15(3)26-20-22-21-19(25)23(20)12-16-7-5-4-6-8-16/h4-11,15H,12H2,1-3H3,(H,21,25)/t15-/m0/s1. The molecule has 26 heavy (non-hydrogen) atoms. The van der Waals surface area contributed by atoms with Gasteiger partial charge in [0.15, 0.2) is 10.9 Å². The van der Waals surface area contributed by atoms with Gasteiger partial charge in [0.25, 0.3) is 0 Å². The minimum Gasteiger partial charge on any atom is -0.293 e. The maximum Gasteiger partial charge on any atom is 0.344 e. The van der Waals surface area contributed by atoms with Crippen LogP contribution < -0.4 is 5.69 Å². The van der Waals surface area contributed by atoms with E-state index in [2.05, 4.69) is 10.2 Å². The van der Waals surface area contributed by atoms with Crippen LogP contribution in [0.15, 0.2) is 58.5 Å². The topological polar surface area (TPSA) is 67.8 Å². The number of carbonyl (C=O) groups is 1. The molecule has 0 aliphatic carbocycles. The molecule has 1 aromatic heterocycles. The van der Waals surface area contributed by atoms with Crippen LogP contribution in [0.1, 0.15) is 34.0 Å². The summed E-state index contributed by atoms with van der Waals surface area (Å²) in [6.07, 6.45) is 0. The molecule has 0 aliphatic rings. The SMILES string of the molecule is Cc1ccc(C(=O)[C@H](C)Sc2n[nH]c(=O)n2Cc2ccccc2)cc1C. The lowest BCUT2D eigenvalue weighted by molar-refractivity contribution is 0.0993. The Balaban J connectivity index is 1.79. The van der Waals surface area contributed by atoms with Crippen molar-refractivity contribution in [3.05, 3.63) is 81.3 Å². The van der Waals surface area contributed by atoms with Crippen LogP contribution in [0.2, 0.25) is 0 Å². The number of nitrogens with zero attached hydrogens (tertiary/aromatic N) is 2. The molecular weight excluding hydrogens is 346 g/mol. The van der Waals surface area contributed by atoms with Crippen molar-refractivity contribution in [3.63, 3.8) is 0 Å². The predicted molar refractivity (Wildman–Crippen MR) is 104 cm³/mol. The Morgan fingerprint density at radius 2 is 1.88 bits per heavy atom. The van der Waals surface area contributed by atoms with Gasteiger partial charge in [0.2, 0.25) is 0 Å². The smallest absolute Gasteiger partial charge is 0.293 e. The second-order valence-corrected chi connectivity index (χ2v) is 7.61. The summed E-state index contributed by atoms with van der Waals surface area (Å²) in [5.74, 6) is 0.0276. The lowest BCUT2D eigenvalue weighted by Gasteiger charge is -2.12. The molecule has 1 atom stereocenters. The van der Waals surface area contributed by atoms with E-state index in [0.29, 0.717) is 17.3 Å². The number of H-pyrrole nitrogens is 1. The van der Waals surface area contributed by atoms with E-state index in [4.69, 9.17) is 0 Å². The molecule has 134 valence electrons. The van der Waals surface area contributed by atoms with Crippen molar-refractivity contribution in [3.8, 4) is 0 Å². The maximum absolute atomic E-state index is 12.7. The lowest BCUT2D eigenvalue weighted by Crippen LogP contribution is -2.20. The van der Waals surface area contributed by atoms with E-state index in [-0.39, 0.29) is 16.7 Å². The molecule has 1 N–H and O–H groups in total. The molecule has 0 bridgehead atoms. The summed E-state index contributed by atoms with van der Waals surface area (Å²) in [4.78, 5) is 24.8. The molecule has 5 nitrogen and oxygen atoms in total. The van der Waals surface area contributed by atoms with Crippen LogP contribution in [0.25, 0.3) is 0 Å². The molecule has 0 spiro atoms. The highest BCUT2D eigenvalue weighted by Crippen LogP contribution is 2.24. The first kappa shape index (κ1) is 18.2. The summed E-state index contributed by atoms with van der Waals surface area (Å²) in [5.41, 5.74) is 3.66. The van der Waals surface area contributed by atoms with Gasteiger partial charge in [-0.3, -0.25) is 9.36 Å². The Morgan fingerprint density at radius 3 is 2.58 bits per heavy atom. The minimum atomic E-state index is -0.346. The number of carbonyl (C=O) groups excluding carboxylic acids is 1. The van der Waals surface area contributed by atoms with Gasteiger partial charge in [0.05, 0.1) is 11.8 Å². The van der Waals surface area contributed by atoms with Gasteiger partial charge in [0, 0.05) is 5.56 Å². The number of rotatable bonds is 6. The molecule has 2 aromatic carbocycles. The van der Waals surface area contributed by atoms with Crippen molar-refractivity contribution in [2.24, 2.45) is 0 Å². The number of aromatic nitrogens is 3. The predicted octanol–water partition coefficient (Wildman–Crippen LogP) is 3.60. The number of Topliss-reactive ketones (excluding diaryl/α,β-unsaturated/α-hetero) is 1. The lowest BCUT2D eigenvalue weighted by atomic mass is 10.0. The molecule has 3 aromatic rings. The molecule has 0 radical (unpaired) electrons. The molecule has 3 rings (SSSR count). The van der Waals surface area contributed by atoms with Gasteiger partial charge >= 0.3 is 5.69 Å². The monoisotopic (exact) mass is 367 g/mol. The van der Waals surface area contributed by atoms with E-state index in [0.717, 1.165) is 16.7 Å². The Labute approximate surface area is 156 Å². The first-order chi connectivity index (χ1) is 12.5. The maximum atomic E-state index is 12.7. The third kappa shape index (κ3) is 3.96. The zero-order valence-corrected chi connectivity index (χ0v) is 15.8. The number of hydrogen-bond acceptors (Lipinski definition) is 4. The first-order valence-corrected chi connectivity index (χ1v) is 9.31. The molecule has 0 saturated heterocycles. The van der Waals surface area contributed by atoms with E-state index >= 15 is 0 Å². The van der Waals surface area contributed by atoms with Gasteiger partial charge in [-0.1, -0.05) is 54.2 Å². The quantitative estimate of drug-likeness (QED) is 0.534. The fraction of sp³-hybridized carbons (Fsp3) is 0.250. The van der Waals surface area contributed by atoms with Crippen LogP contribution >= 0.6 is 11.8 Å². The van der Waals surface area contributed by atoms with Crippen LogP contribution in [0.3, 0.4) is 0 Å². The highest BCUT2D eigenvalue weighted by molar-refractivity contribution is 8.00. The molecule has 0 unspecified atom stereocenters. The molecule has 0 fully saturated rings. The third-order valence-electron chi connectivity index (χ3n) is 4.35. The second-order valence-electron chi connectivity index (χ2n) is 6.31. The average Bonchev–Trinajstić information content (AvgIpc) is 2.97.